The second-order valence-electron chi connectivity index (χ2n) is 8.32. The van der Waals surface area contributed by atoms with Crippen LogP contribution in [0.15, 0.2) is 12.1 Å². The molecule has 0 bridgehead atoms. The lowest BCUT2D eigenvalue weighted by Gasteiger charge is -2.36. The highest BCUT2D eigenvalue weighted by atomic mass is 32.1. The first-order valence-electron chi connectivity index (χ1n) is 9.48. The van der Waals surface area contributed by atoms with Crippen LogP contribution < -0.4 is 5.73 Å². The number of nitrogen functional groups attached to an aromatic ring is 1. The Morgan fingerprint density at radius 2 is 2.00 bits per heavy atom. The number of carbonyl (C=O) groups is 2. The maximum atomic E-state index is 12.7. The number of carbonyl (C=O) groups excluding carboxylic acids is 2. The van der Waals surface area contributed by atoms with Gasteiger partial charge in [0.05, 0.1) is 17.4 Å². The first-order valence-corrected chi connectivity index (χ1v) is 10.3. The van der Waals surface area contributed by atoms with Crippen LogP contribution in [0.25, 0.3) is 10.2 Å². The number of aromatic nitrogens is 1. The number of pyridine rings is 1. The summed E-state index contributed by atoms with van der Waals surface area (Å²) in [5.74, 6) is -0.130. The summed E-state index contributed by atoms with van der Waals surface area (Å²) in [6, 6.07) is 3.67. The maximum Gasteiger partial charge on any atom is 0.410 e. The first kappa shape index (κ1) is 20.4. The molecule has 1 aliphatic heterocycles. The number of hydrogen-bond acceptors (Lipinski definition) is 6. The molecular weight excluding hydrogens is 376 g/mol. The minimum atomic E-state index is -0.542. The number of nitrogens with zero attached hydrogens (tertiary/aromatic N) is 3. The molecule has 152 valence electrons. The summed E-state index contributed by atoms with van der Waals surface area (Å²) in [4.78, 5) is 34.3. The normalized spacial score (nSPS) is 17.6. The van der Waals surface area contributed by atoms with Crippen molar-refractivity contribution in [1.29, 1.82) is 0 Å². The number of hydrogen-bond donors (Lipinski definition) is 1. The van der Waals surface area contributed by atoms with Crippen molar-refractivity contribution in [2.45, 2.75) is 51.7 Å². The average molecular weight is 405 g/mol. The third-order valence-electron chi connectivity index (χ3n) is 4.69. The van der Waals surface area contributed by atoms with Gasteiger partial charge in [0.25, 0.3) is 5.91 Å². The van der Waals surface area contributed by atoms with Crippen molar-refractivity contribution in [3.63, 3.8) is 0 Å². The molecule has 2 aromatic heterocycles. The Kier molecular flexibility index (Phi) is 5.52. The van der Waals surface area contributed by atoms with Crippen LogP contribution >= 0.6 is 11.3 Å². The van der Waals surface area contributed by atoms with Crippen molar-refractivity contribution < 1.29 is 14.3 Å². The number of amides is 2. The second kappa shape index (κ2) is 7.58. The molecule has 7 nitrogen and oxygen atoms in total. The summed E-state index contributed by atoms with van der Waals surface area (Å²) in [6.45, 7) is 6.25. The third-order valence-corrected chi connectivity index (χ3v) is 5.79. The van der Waals surface area contributed by atoms with Gasteiger partial charge in [0.15, 0.2) is 0 Å². The molecule has 0 aromatic carbocycles. The molecule has 0 saturated carbocycles. The molecule has 0 unspecified atom stereocenters. The molecule has 1 aliphatic rings. The third kappa shape index (κ3) is 4.06. The van der Waals surface area contributed by atoms with Crippen LogP contribution in [0.3, 0.4) is 0 Å². The van der Waals surface area contributed by atoms with Gasteiger partial charge in [-0.1, -0.05) is 0 Å². The molecule has 3 rings (SSSR count). The van der Waals surface area contributed by atoms with Gasteiger partial charge in [-0.2, -0.15) is 0 Å². The van der Waals surface area contributed by atoms with Crippen molar-refractivity contribution in [3.8, 4) is 0 Å². The maximum absolute atomic E-state index is 12.7. The van der Waals surface area contributed by atoms with Crippen LogP contribution in [-0.2, 0) is 4.74 Å². The summed E-state index contributed by atoms with van der Waals surface area (Å²) in [5.41, 5.74) is 6.92. The molecule has 2 N–H and O–H groups in total. The largest absolute Gasteiger partial charge is 0.444 e. The predicted octanol–water partition coefficient (Wildman–Crippen LogP) is 4.04. The monoisotopic (exact) mass is 404 g/mol. The quantitative estimate of drug-likeness (QED) is 0.816. The highest BCUT2D eigenvalue weighted by Crippen LogP contribution is 2.37. The average Bonchev–Trinajstić information content (AvgIpc) is 2.95. The van der Waals surface area contributed by atoms with Crippen molar-refractivity contribution in [3.05, 3.63) is 22.7 Å². The summed E-state index contributed by atoms with van der Waals surface area (Å²) in [5, 5.41) is 0.776. The molecule has 0 spiro atoms. The van der Waals surface area contributed by atoms with E-state index in [0.717, 1.165) is 35.2 Å². The molecule has 28 heavy (non-hydrogen) atoms. The molecule has 1 saturated heterocycles. The molecule has 2 aromatic rings. The van der Waals surface area contributed by atoms with Gasteiger partial charge in [0.1, 0.15) is 15.3 Å². The van der Waals surface area contributed by atoms with E-state index in [1.807, 2.05) is 32.9 Å². The minimum absolute atomic E-state index is 0.130. The van der Waals surface area contributed by atoms with E-state index in [4.69, 9.17) is 15.5 Å². The number of likely N-dealkylation sites (tertiary alicyclic amines) is 1. The van der Waals surface area contributed by atoms with E-state index in [2.05, 4.69) is 0 Å². The van der Waals surface area contributed by atoms with Crippen LogP contribution in [0.1, 0.15) is 61.4 Å². The molecular formula is C20H28N4O3S. The zero-order valence-electron chi connectivity index (χ0n) is 17.1. The summed E-state index contributed by atoms with van der Waals surface area (Å²) >= 11 is 1.30. The van der Waals surface area contributed by atoms with Gasteiger partial charge in [0.2, 0.25) is 0 Å². The molecule has 0 radical (unpaired) electrons. The van der Waals surface area contributed by atoms with Crippen LogP contribution in [-0.4, -0.2) is 53.0 Å². The van der Waals surface area contributed by atoms with E-state index in [1.165, 1.54) is 16.2 Å². The van der Waals surface area contributed by atoms with E-state index >= 15 is 0 Å². The van der Waals surface area contributed by atoms with E-state index in [-0.39, 0.29) is 18.0 Å². The Balaban J connectivity index is 1.95. The Labute approximate surface area is 169 Å². The molecule has 1 fully saturated rings. The molecule has 0 aliphatic carbocycles. The lowest BCUT2D eigenvalue weighted by Crippen LogP contribution is -2.42. The lowest BCUT2D eigenvalue weighted by atomic mass is 9.99. The fraction of sp³-hybridized carbons (Fsp3) is 0.550. The van der Waals surface area contributed by atoms with Crippen LogP contribution in [0.4, 0.5) is 10.5 Å². The van der Waals surface area contributed by atoms with E-state index in [0.29, 0.717) is 17.1 Å². The number of thiophene rings is 1. The first-order chi connectivity index (χ1) is 13.1. The zero-order chi connectivity index (χ0) is 20.6. The Morgan fingerprint density at radius 1 is 1.29 bits per heavy atom. The van der Waals surface area contributed by atoms with Crippen molar-refractivity contribution in [2.24, 2.45) is 0 Å². The SMILES string of the molecule is CN(C)C(=O)c1sc2nc([C@@H]3CCCCN3C(=O)OC(C)(C)C)ccc2c1N. The van der Waals surface area contributed by atoms with Crippen LogP contribution in [0, 0.1) is 0 Å². The molecule has 3 heterocycles. The Hall–Kier alpha value is -2.35. The second-order valence-corrected chi connectivity index (χ2v) is 9.32. The van der Waals surface area contributed by atoms with Crippen molar-refractivity contribution in [1.82, 2.24) is 14.8 Å². The van der Waals surface area contributed by atoms with Crippen molar-refractivity contribution in [2.75, 3.05) is 26.4 Å². The summed E-state index contributed by atoms with van der Waals surface area (Å²) in [7, 11) is 3.40. The Morgan fingerprint density at radius 3 is 2.64 bits per heavy atom. The zero-order valence-corrected chi connectivity index (χ0v) is 17.9. The Bertz CT molecular complexity index is 901. The fourth-order valence-corrected chi connectivity index (χ4v) is 4.46. The van der Waals surface area contributed by atoms with Gasteiger partial charge in [-0.3, -0.25) is 9.69 Å². The number of ether oxygens (including phenoxy) is 1. The molecule has 1 atom stereocenters. The van der Waals surface area contributed by atoms with Gasteiger partial charge >= 0.3 is 6.09 Å². The summed E-state index contributed by atoms with van der Waals surface area (Å²) in [6.07, 6.45) is 2.50. The van der Waals surface area contributed by atoms with E-state index in [9.17, 15) is 9.59 Å². The predicted molar refractivity (Wildman–Crippen MR) is 112 cm³/mol. The summed E-state index contributed by atoms with van der Waals surface area (Å²) < 4.78 is 5.59. The van der Waals surface area contributed by atoms with Gasteiger partial charge in [-0.05, 0) is 52.2 Å². The van der Waals surface area contributed by atoms with Gasteiger partial charge in [-0.25, -0.2) is 9.78 Å². The lowest BCUT2D eigenvalue weighted by molar-refractivity contribution is 0.00903. The standard InChI is InChI=1S/C20H28N4O3S/c1-20(2,3)27-19(26)24-11-7-6-8-14(24)13-10-9-12-15(21)16(18(25)23(4)5)28-17(12)22-13/h9-10,14H,6-8,11,21H2,1-5H3/t14-/m0/s1. The number of fused-ring (bicyclic) bond motifs is 1. The highest BCUT2D eigenvalue weighted by Gasteiger charge is 2.32. The van der Waals surface area contributed by atoms with Crippen molar-refractivity contribution >= 4 is 39.2 Å². The van der Waals surface area contributed by atoms with Gasteiger partial charge < -0.3 is 15.4 Å². The smallest absolute Gasteiger partial charge is 0.410 e. The van der Waals surface area contributed by atoms with Crippen LogP contribution in [0.5, 0.6) is 0 Å². The van der Waals surface area contributed by atoms with Crippen LogP contribution in [0.2, 0.25) is 0 Å². The number of piperidine rings is 1. The number of nitrogens with two attached hydrogens (primary N) is 1. The topological polar surface area (TPSA) is 88.8 Å². The molecule has 2 amide bonds. The fourth-order valence-electron chi connectivity index (χ4n) is 3.34. The number of anilines is 1. The van der Waals surface area contributed by atoms with Gasteiger partial charge in [0, 0.05) is 26.0 Å². The highest BCUT2D eigenvalue weighted by molar-refractivity contribution is 7.21. The van der Waals surface area contributed by atoms with E-state index in [1.54, 1.807) is 19.0 Å². The van der Waals surface area contributed by atoms with E-state index < -0.39 is 5.60 Å². The molecule has 8 heteroatoms. The minimum Gasteiger partial charge on any atom is -0.444 e. The number of rotatable bonds is 2. The van der Waals surface area contributed by atoms with Gasteiger partial charge in [-0.15, -0.1) is 11.3 Å².